The Hall–Kier alpha value is -1.53. The Morgan fingerprint density at radius 1 is 1.29 bits per heavy atom. The highest BCUT2D eigenvalue weighted by molar-refractivity contribution is 7.98. The van der Waals surface area contributed by atoms with E-state index in [9.17, 15) is 9.59 Å². The third-order valence-electron chi connectivity index (χ3n) is 4.15. The van der Waals surface area contributed by atoms with Gasteiger partial charge >= 0.3 is 0 Å². The van der Waals surface area contributed by atoms with E-state index in [1.165, 1.54) is 5.56 Å². The van der Waals surface area contributed by atoms with E-state index in [0.717, 1.165) is 18.1 Å². The van der Waals surface area contributed by atoms with Gasteiger partial charge in [-0.25, -0.2) is 0 Å². The zero-order chi connectivity index (χ0) is 17.4. The Morgan fingerprint density at radius 2 is 2.04 bits per heavy atom. The monoisotopic (exact) mass is 349 g/mol. The number of rotatable bonds is 8. The second-order valence-corrected chi connectivity index (χ2v) is 7.24. The molecule has 5 nitrogen and oxygen atoms in total. The molecule has 2 rings (SSSR count). The number of hydrogen-bond donors (Lipinski definition) is 2. The molecule has 1 aromatic carbocycles. The summed E-state index contributed by atoms with van der Waals surface area (Å²) in [7, 11) is 1.93. The van der Waals surface area contributed by atoms with Gasteiger partial charge in [0.15, 0.2) is 0 Å². The van der Waals surface area contributed by atoms with Crippen molar-refractivity contribution in [2.75, 3.05) is 25.9 Å². The number of likely N-dealkylation sites (tertiary alicyclic amines) is 1. The van der Waals surface area contributed by atoms with E-state index in [0.29, 0.717) is 19.4 Å². The lowest BCUT2D eigenvalue weighted by Crippen LogP contribution is -2.41. The van der Waals surface area contributed by atoms with Crippen molar-refractivity contribution in [3.63, 3.8) is 0 Å². The Kier molecular flexibility index (Phi) is 7.59. The van der Waals surface area contributed by atoms with Crippen LogP contribution in [0.15, 0.2) is 30.3 Å². The topological polar surface area (TPSA) is 61.4 Å². The third-order valence-corrected chi connectivity index (χ3v) is 5.18. The first kappa shape index (κ1) is 18.8. The van der Waals surface area contributed by atoms with E-state index in [1.807, 2.05) is 37.1 Å². The van der Waals surface area contributed by atoms with Gasteiger partial charge in [0.25, 0.3) is 0 Å². The first-order chi connectivity index (χ1) is 11.6. The van der Waals surface area contributed by atoms with Gasteiger partial charge in [0.1, 0.15) is 0 Å². The average Bonchev–Trinajstić information content (AvgIpc) is 2.93. The first-order valence-corrected chi connectivity index (χ1v) is 9.64. The zero-order valence-corrected chi connectivity index (χ0v) is 15.3. The Bertz CT molecular complexity index is 538. The molecule has 0 spiro atoms. The van der Waals surface area contributed by atoms with Crippen molar-refractivity contribution in [3.05, 3.63) is 35.9 Å². The summed E-state index contributed by atoms with van der Waals surface area (Å²) in [6.07, 6.45) is 1.20. The lowest BCUT2D eigenvalue weighted by Gasteiger charge is -2.17. The van der Waals surface area contributed by atoms with Gasteiger partial charge in [0.2, 0.25) is 11.8 Å². The number of hydrogen-bond acceptors (Lipinski definition) is 4. The first-order valence-electron chi connectivity index (χ1n) is 8.49. The van der Waals surface area contributed by atoms with Crippen LogP contribution in [0.25, 0.3) is 0 Å². The van der Waals surface area contributed by atoms with Crippen molar-refractivity contribution in [1.29, 1.82) is 0 Å². The van der Waals surface area contributed by atoms with E-state index in [-0.39, 0.29) is 23.9 Å². The molecule has 6 heteroatoms. The molecule has 1 aromatic rings. The normalized spacial score (nSPS) is 20.8. The SMILES string of the molecule is CCNC(=O)[C@@H]1C[C@H](NC(=O)CCSCc2ccccc2)CN1C. The molecular formula is C18H27N3O2S. The van der Waals surface area contributed by atoms with Crippen LogP contribution in [0.3, 0.4) is 0 Å². The smallest absolute Gasteiger partial charge is 0.237 e. The van der Waals surface area contributed by atoms with Crippen LogP contribution in [0.2, 0.25) is 0 Å². The maximum absolute atomic E-state index is 12.1. The van der Waals surface area contributed by atoms with Crippen LogP contribution in [0, 0.1) is 0 Å². The second kappa shape index (κ2) is 9.69. The van der Waals surface area contributed by atoms with Crippen LogP contribution >= 0.6 is 11.8 Å². The summed E-state index contributed by atoms with van der Waals surface area (Å²) < 4.78 is 0. The maximum atomic E-state index is 12.1. The molecule has 2 atom stereocenters. The minimum atomic E-state index is -0.136. The molecule has 1 fully saturated rings. The number of nitrogens with zero attached hydrogens (tertiary/aromatic N) is 1. The molecule has 0 saturated carbocycles. The quantitative estimate of drug-likeness (QED) is 0.701. The lowest BCUT2D eigenvalue weighted by atomic mass is 10.1. The minimum Gasteiger partial charge on any atom is -0.355 e. The zero-order valence-electron chi connectivity index (χ0n) is 14.5. The van der Waals surface area contributed by atoms with Gasteiger partial charge in [-0.1, -0.05) is 30.3 Å². The Balaban J connectivity index is 1.65. The number of likely N-dealkylation sites (N-methyl/N-ethyl adjacent to an activating group) is 2. The van der Waals surface area contributed by atoms with Gasteiger partial charge in [0.05, 0.1) is 6.04 Å². The van der Waals surface area contributed by atoms with Crippen molar-refractivity contribution in [3.8, 4) is 0 Å². The molecule has 132 valence electrons. The fourth-order valence-corrected chi connectivity index (χ4v) is 3.83. The number of carbonyl (C=O) groups is 2. The second-order valence-electron chi connectivity index (χ2n) is 6.14. The summed E-state index contributed by atoms with van der Waals surface area (Å²) in [4.78, 5) is 26.1. The molecule has 2 N–H and O–H groups in total. The van der Waals surface area contributed by atoms with Crippen LogP contribution in [-0.4, -0.2) is 54.7 Å². The van der Waals surface area contributed by atoms with Crippen molar-refractivity contribution < 1.29 is 9.59 Å². The van der Waals surface area contributed by atoms with Crippen LogP contribution in [0.5, 0.6) is 0 Å². The van der Waals surface area contributed by atoms with Gasteiger partial charge in [-0.15, -0.1) is 0 Å². The average molecular weight is 350 g/mol. The van der Waals surface area contributed by atoms with Crippen LogP contribution in [-0.2, 0) is 15.3 Å². The summed E-state index contributed by atoms with van der Waals surface area (Å²) >= 11 is 1.77. The highest BCUT2D eigenvalue weighted by atomic mass is 32.2. The third kappa shape index (κ3) is 5.83. The summed E-state index contributed by atoms with van der Waals surface area (Å²) in [5.41, 5.74) is 1.28. The highest BCUT2D eigenvalue weighted by Gasteiger charge is 2.34. The minimum absolute atomic E-state index is 0.0511. The standard InChI is InChI=1S/C18H27N3O2S/c1-3-19-18(23)16-11-15(12-21(16)2)20-17(22)9-10-24-13-14-7-5-4-6-8-14/h4-8,15-16H,3,9-13H2,1-2H3,(H,19,23)(H,20,22)/t15-,16-/m0/s1. The van der Waals surface area contributed by atoms with Crippen molar-refractivity contribution in [2.45, 2.75) is 37.6 Å². The molecule has 1 heterocycles. The molecule has 1 aliphatic heterocycles. The van der Waals surface area contributed by atoms with Crippen molar-refractivity contribution in [2.24, 2.45) is 0 Å². The fraction of sp³-hybridized carbons (Fsp3) is 0.556. The lowest BCUT2D eigenvalue weighted by molar-refractivity contribution is -0.125. The predicted octanol–water partition coefficient (Wildman–Crippen LogP) is 1.63. The van der Waals surface area contributed by atoms with E-state index < -0.39 is 0 Å². The summed E-state index contributed by atoms with van der Waals surface area (Å²) in [5, 5.41) is 5.91. The fourth-order valence-electron chi connectivity index (χ4n) is 2.93. The number of nitrogens with one attached hydrogen (secondary N) is 2. The van der Waals surface area contributed by atoms with E-state index in [2.05, 4.69) is 22.8 Å². The highest BCUT2D eigenvalue weighted by Crippen LogP contribution is 2.17. The Labute approximate surface area is 148 Å². The van der Waals surface area contributed by atoms with E-state index in [4.69, 9.17) is 0 Å². The van der Waals surface area contributed by atoms with Gasteiger partial charge in [-0.3, -0.25) is 14.5 Å². The number of amides is 2. The molecule has 0 aromatic heterocycles. The molecular weight excluding hydrogens is 322 g/mol. The predicted molar refractivity (Wildman–Crippen MR) is 98.9 cm³/mol. The van der Waals surface area contributed by atoms with Gasteiger partial charge in [-0.2, -0.15) is 11.8 Å². The number of thioether (sulfide) groups is 1. The summed E-state index contributed by atoms with van der Waals surface area (Å²) in [6.45, 7) is 3.28. The number of benzene rings is 1. The van der Waals surface area contributed by atoms with Crippen LogP contribution < -0.4 is 10.6 Å². The largest absolute Gasteiger partial charge is 0.355 e. The molecule has 0 bridgehead atoms. The molecule has 0 unspecified atom stereocenters. The maximum Gasteiger partial charge on any atom is 0.237 e. The molecule has 24 heavy (non-hydrogen) atoms. The summed E-state index contributed by atoms with van der Waals surface area (Å²) in [5.74, 6) is 1.86. The van der Waals surface area contributed by atoms with Crippen LogP contribution in [0.1, 0.15) is 25.3 Å². The van der Waals surface area contributed by atoms with E-state index >= 15 is 0 Å². The van der Waals surface area contributed by atoms with E-state index in [1.54, 1.807) is 11.8 Å². The van der Waals surface area contributed by atoms with Gasteiger partial charge < -0.3 is 10.6 Å². The van der Waals surface area contributed by atoms with Gasteiger partial charge in [-0.05, 0) is 26.0 Å². The van der Waals surface area contributed by atoms with Crippen molar-refractivity contribution >= 4 is 23.6 Å². The molecule has 1 saturated heterocycles. The van der Waals surface area contributed by atoms with Crippen molar-refractivity contribution in [1.82, 2.24) is 15.5 Å². The molecule has 1 aliphatic rings. The molecule has 2 amide bonds. The Morgan fingerprint density at radius 3 is 2.75 bits per heavy atom. The molecule has 0 aliphatic carbocycles. The van der Waals surface area contributed by atoms with Crippen LogP contribution in [0.4, 0.5) is 0 Å². The number of carbonyl (C=O) groups excluding carboxylic acids is 2. The van der Waals surface area contributed by atoms with Gasteiger partial charge in [0, 0.05) is 37.1 Å². The molecule has 0 radical (unpaired) electrons. The summed E-state index contributed by atoms with van der Waals surface area (Å²) in [6, 6.07) is 10.2.